The number of aryl methyl sites for hydroxylation is 1. The van der Waals surface area contributed by atoms with Crippen LogP contribution in [0.5, 0.6) is 0 Å². The Labute approximate surface area is 95.6 Å². The Morgan fingerprint density at radius 3 is 2.81 bits per heavy atom. The zero-order chi connectivity index (χ0) is 12.1. The molecule has 0 aliphatic heterocycles. The van der Waals surface area contributed by atoms with E-state index in [4.69, 9.17) is 5.73 Å². The molecule has 0 aliphatic rings. The predicted molar refractivity (Wildman–Crippen MR) is 60.8 cm³/mol. The van der Waals surface area contributed by atoms with Crippen molar-refractivity contribution in [2.24, 2.45) is 12.8 Å². The van der Waals surface area contributed by atoms with E-state index in [9.17, 15) is 4.79 Å². The monoisotopic (exact) mass is 225 g/mol. The summed E-state index contributed by atoms with van der Waals surface area (Å²) in [5.41, 5.74) is 7.00. The zero-order valence-corrected chi connectivity index (χ0v) is 10.0. The molecule has 0 saturated carbocycles. The number of methoxy groups -OCH3 is 1. The van der Waals surface area contributed by atoms with E-state index in [-0.39, 0.29) is 17.9 Å². The number of nitrogens with zero attached hydrogens (tertiary/aromatic N) is 2. The lowest BCUT2D eigenvalue weighted by Gasteiger charge is -2.20. The number of aromatic nitrogens is 2. The first-order valence-electron chi connectivity index (χ1n) is 5.39. The second kappa shape index (κ2) is 5.65. The maximum Gasteiger partial charge on any atom is 0.306 e. The molecule has 0 fully saturated rings. The van der Waals surface area contributed by atoms with Gasteiger partial charge in [0.05, 0.1) is 19.7 Å². The Morgan fingerprint density at radius 2 is 2.38 bits per heavy atom. The maximum absolute atomic E-state index is 11.3. The fraction of sp³-hybridized carbons (Fsp3) is 0.636. The first kappa shape index (κ1) is 12.7. The molecule has 2 N–H and O–H groups in total. The van der Waals surface area contributed by atoms with E-state index in [0.717, 1.165) is 12.0 Å². The highest BCUT2D eigenvalue weighted by Gasteiger charge is 2.23. The topological polar surface area (TPSA) is 70.1 Å². The van der Waals surface area contributed by atoms with Gasteiger partial charge in [-0.05, 0) is 12.0 Å². The van der Waals surface area contributed by atoms with E-state index >= 15 is 0 Å². The third-order valence-electron chi connectivity index (χ3n) is 2.76. The van der Waals surface area contributed by atoms with Crippen LogP contribution in [0.3, 0.4) is 0 Å². The van der Waals surface area contributed by atoms with Crippen molar-refractivity contribution in [3.63, 3.8) is 0 Å². The van der Waals surface area contributed by atoms with E-state index in [0.29, 0.717) is 6.42 Å². The normalized spacial score (nSPS) is 14.5. The van der Waals surface area contributed by atoms with E-state index in [1.165, 1.54) is 7.11 Å². The van der Waals surface area contributed by atoms with Crippen molar-refractivity contribution in [3.05, 3.63) is 18.0 Å². The van der Waals surface area contributed by atoms with Crippen molar-refractivity contribution in [2.45, 2.75) is 31.7 Å². The number of rotatable bonds is 5. The average Bonchev–Trinajstić information content (AvgIpc) is 2.71. The van der Waals surface area contributed by atoms with Crippen molar-refractivity contribution in [1.29, 1.82) is 0 Å². The van der Waals surface area contributed by atoms with Crippen molar-refractivity contribution >= 4 is 5.97 Å². The van der Waals surface area contributed by atoms with Crippen LogP contribution in [0.1, 0.15) is 31.2 Å². The number of esters is 1. The van der Waals surface area contributed by atoms with E-state index in [1.807, 2.05) is 20.2 Å². The third kappa shape index (κ3) is 3.06. The minimum Gasteiger partial charge on any atom is -0.469 e. The third-order valence-corrected chi connectivity index (χ3v) is 2.76. The number of hydrogen-bond acceptors (Lipinski definition) is 4. The zero-order valence-electron chi connectivity index (χ0n) is 10.0. The van der Waals surface area contributed by atoms with Crippen LogP contribution in [-0.2, 0) is 16.6 Å². The van der Waals surface area contributed by atoms with Crippen molar-refractivity contribution in [3.8, 4) is 0 Å². The largest absolute Gasteiger partial charge is 0.469 e. The van der Waals surface area contributed by atoms with Crippen molar-refractivity contribution < 1.29 is 9.53 Å². The van der Waals surface area contributed by atoms with Crippen LogP contribution < -0.4 is 5.73 Å². The highest BCUT2D eigenvalue weighted by molar-refractivity contribution is 5.70. The smallest absolute Gasteiger partial charge is 0.306 e. The van der Waals surface area contributed by atoms with Crippen LogP contribution in [0.25, 0.3) is 0 Å². The van der Waals surface area contributed by atoms with Gasteiger partial charge >= 0.3 is 5.97 Å². The molecule has 5 heteroatoms. The first-order valence-corrected chi connectivity index (χ1v) is 5.39. The van der Waals surface area contributed by atoms with Gasteiger partial charge in [-0.1, -0.05) is 6.92 Å². The van der Waals surface area contributed by atoms with Crippen LogP contribution in [-0.4, -0.2) is 28.9 Å². The number of carbonyl (C=O) groups excluding carboxylic acids is 1. The summed E-state index contributed by atoms with van der Waals surface area (Å²) in [6.07, 6.45) is 4.76. The first-order chi connectivity index (χ1) is 7.58. The summed E-state index contributed by atoms with van der Waals surface area (Å²) in [6.45, 7) is 2.01. The molecule has 0 aromatic carbocycles. The van der Waals surface area contributed by atoms with Gasteiger partial charge in [-0.2, -0.15) is 5.10 Å². The Balaban J connectivity index is 2.83. The second-order valence-corrected chi connectivity index (χ2v) is 3.91. The summed E-state index contributed by atoms with van der Waals surface area (Å²) >= 11 is 0. The molecule has 0 spiro atoms. The standard InChI is InChI=1S/C11H19N3O2/c1-4-10(12)9(5-11(15)16-3)8-6-13-14(2)7-8/h6-7,9-10H,4-5,12H2,1-3H3. The second-order valence-electron chi connectivity index (χ2n) is 3.91. The lowest BCUT2D eigenvalue weighted by molar-refractivity contribution is -0.141. The highest BCUT2D eigenvalue weighted by Crippen LogP contribution is 2.24. The summed E-state index contributed by atoms with van der Waals surface area (Å²) in [5.74, 6) is -0.260. The van der Waals surface area contributed by atoms with E-state index < -0.39 is 0 Å². The van der Waals surface area contributed by atoms with Gasteiger partial charge in [0.1, 0.15) is 0 Å². The van der Waals surface area contributed by atoms with Gasteiger partial charge < -0.3 is 10.5 Å². The number of ether oxygens (including phenoxy) is 1. The fourth-order valence-corrected chi connectivity index (χ4v) is 1.70. The van der Waals surface area contributed by atoms with Crippen LogP contribution in [0.15, 0.2) is 12.4 Å². The summed E-state index contributed by atoms with van der Waals surface area (Å²) in [5, 5.41) is 4.10. The van der Waals surface area contributed by atoms with Gasteiger partial charge in [0.15, 0.2) is 0 Å². The molecular formula is C11H19N3O2. The lowest BCUT2D eigenvalue weighted by atomic mass is 9.90. The summed E-state index contributed by atoms with van der Waals surface area (Å²) in [6, 6.07) is -0.0525. The predicted octanol–water partition coefficient (Wildman–Crippen LogP) is 0.804. The quantitative estimate of drug-likeness (QED) is 0.753. The fourth-order valence-electron chi connectivity index (χ4n) is 1.70. The minimum absolute atomic E-state index is 0.0221. The Kier molecular flexibility index (Phi) is 4.49. The van der Waals surface area contributed by atoms with Crippen LogP contribution in [0, 0.1) is 0 Å². The molecule has 2 unspecified atom stereocenters. The Morgan fingerprint density at radius 1 is 1.69 bits per heavy atom. The Bertz CT molecular complexity index is 349. The minimum atomic E-state index is -0.238. The molecule has 16 heavy (non-hydrogen) atoms. The number of carbonyl (C=O) groups is 1. The molecule has 90 valence electrons. The molecule has 1 aromatic rings. The van der Waals surface area contributed by atoms with Gasteiger partial charge in [0.2, 0.25) is 0 Å². The summed E-state index contributed by atoms with van der Waals surface area (Å²) in [7, 11) is 3.23. The molecule has 0 saturated heterocycles. The molecule has 5 nitrogen and oxygen atoms in total. The number of nitrogens with two attached hydrogens (primary N) is 1. The van der Waals surface area contributed by atoms with Gasteiger partial charge in [-0.25, -0.2) is 0 Å². The van der Waals surface area contributed by atoms with Crippen LogP contribution in [0.2, 0.25) is 0 Å². The van der Waals surface area contributed by atoms with Gasteiger partial charge in [-0.15, -0.1) is 0 Å². The molecular weight excluding hydrogens is 206 g/mol. The van der Waals surface area contributed by atoms with Gasteiger partial charge in [0.25, 0.3) is 0 Å². The maximum atomic E-state index is 11.3. The van der Waals surface area contributed by atoms with Crippen LogP contribution >= 0.6 is 0 Å². The SMILES string of the molecule is CCC(N)C(CC(=O)OC)c1cnn(C)c1. The van der Waals surface area contributed by atoms with E-state index in [2.05, 4.69) is 9.84 Å². The molecule has 0 amide bonds. The summed E-state index contributed by atoms with van der Waals surface area (Å²) < 4.78 is 6.39. The number of hydrogen-bond donors (Lipinski definition) is 1. The van der Waals surface area contributed by atoms with Gasteiger partial charge in [0, 0.05) is 25.2 Å². The molecule has 0 aliphatic carbocycles. The van der Waals surface area contributed by atoms with Gasteiger partial charge in [-0.3, -0.25) is 9.48 Å². The summed E-state index contributed by atoms with van der Waals surface area (Å²) in [4.78, 5) is 11.3. The van der Waals surface area contributed by atoms with Crippen LogP contribution in [0.4, 0.5) is 0 Å². The molecule has 1 rings (SSSR count). The van der Waals surface area contributed by atoms with Crippen molar-refractivity contribution in [1.82, 2.24) is 9.78 Å². The molecule has 0 radical (unpaired) electrons. The molecule has 1 aromatic heterocycles. The average molecular weight is 225 g/mol. The molecule has 2 atom stereocenters. The highest BCUT2D eigenvalue weighted by atomic mass is 16.5. The van der Waals surface area contributed by atoms with Crippen molar-refractivity contribution in [2.75, 3.05) is 7.11 Å². The Hall–Kier alpha value is -1.36. The van der Waals surface area contributed by atoms with E-state index in [1.54, 1.807) is 10.9 Å². The molecule has 1 heterocycles. The lowest BCUT2D eigenvalue weighted by Crippen LogP contribution is -2.29. The molecule has 0 bridgehead atoms.